The quantitative estimate of drug-likeness (QED) is 0.483. The molecular formula is C18H19N5O4S2. The minimum atomic E-state index is -1.31. The molecule has 29 heavy (non-hydrogen) atoms. The zero-order valence-electron chi connectivity index (χ0n) is 16.2. The van der Waals surface area contributed by atoms with Gasteiger partial charge in [0.25, 0.3) is 0 Å². The number of thiocarbonyl (C=S) groups is 2. The number of amides is 4. The lowest BCUT2D eigenvalue weighted by Crippen LogP contribution is -2.63. The normalized spacial score (nSPS) is 19.9. The van der Waals surface area contributed by atoms with Gasteiger partial charge in [-0.05, 0) is 36.1 Å². The Hall–Kier alpha value is -2.79. The van der Waals surface area contributed by atoms with Crippen LogP contribution in [0.1, 0.15) is 11.5 Å². The Morgan fingerprint density at radius 2 is 1.17 bits per heavy atom. The molecule has 0 aliphatic carbocycles. The number of rotatable bonds is 3. The average molecular weight is 434 g/mol. The molecule has 0 atom stereocenters. The monoisotopic (exact) mass is 433 g/mol. The van der Waals surface area contributed by atoms with Crippen LogP contribution in [-0.4, -0.2) is 86.6 Å². The predicted molar refractivity (Wildman–Crippen MR) is 110 cm³/mol. The maximum absolute atomic E-state index is 13.1. The molecule has 2 saturated heterocycles. The molecule has 0 N–H and O–H groups in total. The molecule has 3 rings (SSSR count). The number of carbonyl (C=O) groups is 4. The Kier molecular flexibility index (Phi) is 5.46. The van der Waals surface area contributed by atoms with E-state index in [-0.39, 0.29) is 10.2 Å². The lowest BCUT2D eigenvalue weighted by atomic mass is 9.73. The van der Waals surface area contributed by atoms with E-state index < -0.39 is 41.4 Å². The van der Waals surface area contributed by atoms with Crippen LogP contribution in [0.4, 0.5) is 0 Å². The smallest absolute Gasteiger partial charge is 0.241 e. The van der Waals surface area contributed by atoms with Gasteiger partial charge in [0.05, 0.1) is 0 Å². The van der Waals surface area contributed by atoms with Crippen molar-refractivity contribution in [1.29, 1.82) is 0 Å². The van der Waals surface area contributed by atoms with Crippen LogP contribution in [0, 0.1) is 11.8 Å². The summed E-state index contributed by atoms with van der Waals surface area (Å²) in [7, 11) is 5.83. The fraction of sp³-hybridized carbons (Fsp3) is 0.389. The summed E-state index contributed by atoms with van der Waals surface area (Å²) in [5.41, 5.74) is 0.426. The Morgan fingerprint density at radius 1 is 0.793 bits per heavy atom. The van der Waals surface area contributed by atoms with Crippen molar-refractivity contribution in [2.75, 3.05) is 28.2 Å². The Morgan fingerprint density at radius 3 is 1.48 bits per heavy atom. The number of pyridine rings is 1. The molecule has 4 amide bonds. The first-order chi connectivity index (χ1) is 13.6. The topological polar surface area (TPSA) is 94.1 Å². The number of aromatic nitrogens is 1. The van der Waals surface area contributed by atoms with Crippen LogP contribution >= 0.6 is 24.4 Å². The summed E-state index contributed by atoms with van der Waals surface area (Å²) < 4.78 is 0. The molecule has 0 aromatic carbocycles. The van der Waals surface area contributed by atoms with Gasteiger partial charge in [-0.25, -0.2) is 0 Å². The van der Waals surface area contributed by atoms with Crippen molar-refractivity contribution < 1.29 is 19.2 Å². The summed E-state index contributed by atoms with van der Waals surface area (Å²) >= 11 is 10.3. The molecule has 0 radical (unpaired) electrons. The van der Waals surface area contributed by atoms with E-state index in [2.05, 4.69) is 4.98 Å². The van der Waals surface area contributed by atoms with Crippen LogP contribution in [0.3, 0.4) is 0 Å². The summed E-state index contributed by atoms with van der Waals surface area (Å²) in [6.07, 6.45) is 2.97. The molecule has 0 saturated carbocycles. The largest absolute Gasteiger partial charge is 0.291 e. The molecule has 0 bridgehead atoms. The molecule has 2 fully saturated rings. The van der Waals surface area contributed by atoms with Crippen molar-refractivity contribution in [3.63, 3.8) is 0 Å². The van der Waals surface area contributed by atoms with E-state index in [9.17, 15) is 19.2 Å². The van der Waals surface area contributed by atoms with Gasteiger partial charge in [-0.15, -0.1) is 0 Å². The number of hydrogen-bond donors (Lipinski definition) is 0. The molecule has 9 nitrogen and oxygen atoms in total. The third-order valence-electron chi connectivity index (χ3n) is 5.32. The minimum absolute atomic E-state index is 0.0536. The molecule has 2 aliphatic heterocycles. The van der Waals surface area contributed by atoms with E-state index in [1.165, 1.54) is 60.2 Å². The summed E-state index contributed by atoms with van der Waals surface area (Å²) in [6, 6.07) is 3.26. The second-order valence-corrected chi connectivity index (χ2v) is 7.65. The first-order valence-electron chi connectivity index (χ1n) is 8.67. The SMILES string of the molecule is CN1C(=O)C(C(c2cccnc2)C2C(=O)N(C)C(=S)N(C)C2=O)C(=O)N(C)C1=S. The van der Waals surface area contributed by atoms with E-state index in [0.717, 1.165) is 0 Å². The maximum atomic E-state index is 13.1. The second kappa shape index (κ2) is 7.56. The van der Waals surface area contributed by atoms with Crippen molar-refractivity contribution >= 4 is 58.3 Å². The molecular weight excluding hydrogens is 414 g/mol. The highest BCUT2D eigenvalue weighted by atomic mass is 32.1. The average Bonchev–Trinajstić information content (AvgIpc) is 2.73. The molecule has 0 unspecified atom stereocenters. The van der Waals surface area contributed by atoms with Gasteiger partial charge < -0.3 is 0 Å². The highest BCUT2D eigenvalue weighted by Crippen LogP contribution is 2.39. The van der Waals surface area contributed by atoms with Crippen LogP contribution < -0.4 is 0 Å². The third-order valence-corrected chi connectivity index (χ3v) is 6.42. The van der Waals surface area contributed by atoms with Crippen molar-refractivity contribution in [2.24, 2.45) is 11.8 Å². The Balaban J connectivity index is 2.19. The zero-order chi connectivity index (χ0) is 21.6. The van der Waals surface area contributed by atoms with Crippen LogP contribution in [0.2, 0.25) is 0 Å². The van der Waals surface area contributed by atoms with Gasteiger partial charge >= 0.3 is 0 Å². The fourth-order valence-electron chi connectivity index (χ4n) is 3.64. The van der Waals surface area contributed by atoms with Gasteiger partial charge in [0.2, 0.25) is 23.6 Å². The van der Waals surface area contributed by atoms with Gasteiger partial charge in [-0.1, -0.05) is 6.07 Å². The fourth-order valence-corrected chi connectivity index (χ4v) is 4.00. The van der Waals surface area contributed by atoms with Gasteiger partial charge in [-0.2, -0.15) is 0 Å². The van der Waals surface area contributed by atoms with E-state index in [4.69, 9.17) is 24.4 Å². The predicted octanol–water partition coefficient (Wildman–Crippen LogP) is -0.172. The first-order valence-corrected chi connectivity index (χ1v) is 9.49. The van der Waals surface area contributed by atoms with Crippen LogP contribution in [0.15, 0.2) is 24.5 Å². The van der Waals surface area contributed by atoms with Gasteiger partial charge in [0, 0.05) is 46.5 Å². The summed E-state index contributed by atoms with van der Waals surface area (Å²) in [6.45, 7) is 0. The zero-order valence-corrected chi connectivity index (χ0v) is 17.9. The van der Waals surface area contributed by atoms with E-state index >= 15 is 0 Å². The number of carbonyl (C=O) groups excluding carboxylic acids is 4. The van der Waals surface area contributed by atoms with Gasteiger partial charge in [-0.3, -0.25) is 43.8 Å². The second-order valence-electron chi connectivity index (χ2n) is 6.92. The van der Waals surface area contributed by atoms with Crippen LogP contribution in [0.5, 0.6) is 0 Å². The lowest BCUT2D eigenvalue weighted by molar-refractivity contribution is -0.152. The van der Waals surface area contributed by atoms with Crippen LogP contribution in [0.25, 0.3) is 0 Å². The van der Waals surface area contributed by atoms with Crippen molar-refractivity contribution in [3.05, 3.63) is 30.1 Å². The molecule has 0 spiro atoms. The maximum Gasteiger partial charge on any atom is 0.241 e. The molecule has 2 aliphatic rings. The van der Waals surface area contributed by atoms with Crippen LogP contribution in [-0.2, 0) is 19.2 Å². The van der Waals surface area contributed by atoms with E-state index in [1.54, 1.807) is 12.1 Å². The standard InChI is InChI=1S/C18H19N5O4S2/c1-20-13(24)11(14(25)21(2)17(20)28)10(9-6-5-7-19-8-9)12-15(26)22(3)18(29)23(4)16(12)27/h5-8,10-12H,1-4H3. The summed E-state index contributed by atoms with van der Waals surface area (Å²) in [5.74, 6) is -6.00. The lowest BCUT2D eigenvalue weighted by Gasteiger charge is -2.43. The summed E-state index contributed by atoms with van der Waals surface area (Å²) in [4.78, 5) is 61.1. The van der Waals surface area contributed by atoms with Crippen molar-refractivity contribution in [3.8, 4) is 0 Å². The molecule has 3 heterocycles. The van der Waals surface area contributed by atoms with Crippen molar-refractivity contribution in [2.45, 2.75) is 5.92 Å². The molecule has 1 aromatic heterocycles. The van der Waals surface area contributed by atoms with E-state index in [1.807, 2.05) is 0 Å². The highest BCUT2D eigenvalue weighted by Gasteiger charge is 2.54. The van der Waals surface area contributed by atoms with E-state index in [0.29, 0.717) is 5.56 Å². The molecule has 152 valence electrons. The Labute approximate surface area is 178 Å². The molecule has 1 aromatic rings. The Bertz CT molecular complexity index is 833. The third kappa shape index (κ3) is 3.19. The van der Waals surface area contributed by atoms with Crippen molar-refractivity contribution in [1.82, 2.24) is 24.6 Å². The van der Waals surface area contributed by atoms with Gasteiger partial charge in [0.15, 0.2) is 10.2 Å². The first kappa shape index (κ1) is 20.9. The number of nitrogens with zero attached hydrogens (tertiary/aromatic N) is 5. The summed E-state index contributed by atoms with van der Waals surface area (Å²) in [5, 5.41) is 0.107. The minimum Gasteiger partial charge on any atom is -0.291 e. The number of hydrogen-bond acceptors (Lipinski definition) is 7. The van der Waals surface area contributed by atoms with Gasteiger partial charge in [0.1, 0.15) is 11.8 Å². The highest BCUT2D eigenvalue weighted by molar-refractivity contribution is 7.80. The molecule has 11 heteroatoms.